The highest BCUT2D eigenvalue weighted by atomic mass is 32.2. The zero-order valence-corrected chi connectivity index (χ0v) is 17.0. The van der Waals surface area contributed by atoms with Crippen molar-refractivity contribution in [1.29, 1.82) is 0 Å². The van der Waals surface area contributed by atoms with Gasteiger partial charge in [0.25, 0.3) is 5.91 Å². The maximum Gasteiger partial charge on any atom is 0.254 e. The molecule has 1 fully saturated rings. The number of rotatable bonds is 7. The first-order valence-corrected chi connectivity index (χ1v) is 11.1. The van der Waals surface area contributed by atoms with E-state index < -0.39 is 27.6 Å². The zero-order chi connectivity index (χ0) is 21.7. The van der Waals surface area contributed by atoms with Gasteiger partial charge in [0, 0.05) is 38.8 Å². The van der Waals surface area contributed by atoms with Gasteiger partial charge in [0.1, 0.15) is 17.5 Å². The number of amides is 1. The van der Waals surface area contributed by atoms with Gasteiger partial charge in [0.05, 0.1) is 17.0 Å². The number of hydrogen-bond donors (Lipinski definition) is 1. The van der Waals surface area contributed by atoms with Gasteiger partial charge in [-0.15, -0.1) is 0 Å². The molecule has 2 aromatic rings. The van der Waals surface area contributed by atoms with Gasteiger partial charge in [-0.1, -0.05) is 12.1 Å². The Hall–Kier alpha value is -2.59. The SMILES string of the molecule is O=C(NCCCS(=O)(=O)N1CCN(c2ccccc2F)CC1)c1ccc(F)cc1F. The van der Waals surface area contributed by atoms with Crippen molar-refractivity contribution < 1.29 is 26.4 Å². The molecule has 0 spiro atoms. The first kappa shape index (κ1) is 22.1. The third-order valence-corrected chi connectivity index (χ3v) is 6.82. The van der Waals surface area contributed by atoms with Crippen LogP contribution in [0.3, 0.4) is 0 Å². The third kappa shape index (κ3) is 5.31. The molecular weight excluding hydrogens is 419 g/mol. The summed E-state index contributed by atoms with van der Waals surface area (Å²) in [5, 5.41) is 2.44. The lowest BCUT2D eigenvalue weighted by molar-refractivity contribution is 0.0949. The van der Waals surface area contributed by atoms with Crippen molar-refractivity contribution in [2.24, 2.45) is 0 Å². The molecule has 1 aliphatic rings. The molecular formula is C20H22F3N3O3S. The van der Waals surface area contributed by atoms with Crippen LogP contribution in [0.4, 0.5) is 18.9 Å². The molecule has 1 saturated heterocycles. The van der Waals surface area contributed by atoms with Gasteiger partial charge < -0.3 is 10.2 Å². The number of nitrogens with zero attached hydrogens (tertiary/aromatic N) is 2. The van der Waals surface area contributed by atoms with E-state index in [-0.39, 0.29) is 43.2 Å². The second kappa shape index (κ2) is 9.48. The van der Waals surface area contributed by atoms with Gasteiger partial charge in [-0.25, -0.2) is 21.6 Å². The number of carbonyl (C=O) groups excluding carboxylic acids is 1. The number of sulfonamides is 1. The van der Waals surface area contributed by atoms with E-state index in [0.29, 0.717) is 24.8 Å². The van der Waals surface area contributed by atoms with Crippen LogP contribution in [-0.4, -0.2) is 57.1 Å². The molecule has 1 heterocycles. The minimum Gasteiger partial charge on any atom is -0.367 e. The summed E-state index contributed by atoms with van der Waals surface area (Å²) in [7, 11) is -3.54. The van der Waals surface area contributed by atoms with Crippen LogP contribution in [0.25, 0.3) is 0 Å². The quantitative estimate of drug-likeness (QED) is 0.670. The lowest BCUT2D eigenvalue weighted by Gasteiger charge is -2.35. The number of anilines is 1. The maximum absolute atomic E-state index is 13.9. The molecule has 0 aliphatic carbocycles. The van der Waals surface area contributed by atoms with Crippen LogP contribution in [0.1, 0.15) is 16.8 Å². The zero-order valence-electron chi connectivity index (χ0n) is 16.2. The normalized spacial score (nSPS) is 15.2. The Morgan fingerprint density at radius 2 is 1.67 bits per heavy atom. The number of benzene rings is 2. The van der Waals surface area contributed by atoms with E-state index in [0.717, 1.165) is 12.1 Å². The van der Waals surface area contributed by atoms with Crippen molar-refractivity contribution in [2.45, 2.75) is 6.42 Å². The van der Waals surface area contributed by atoms with Crippen LogP contribution in [-0.2, 0) is 10.0 Å². The molecule has 1 amide bonds. The largest absolute Gasteiger partial charge is 0.367 e. The molecule has 30 heavy (non-hydrogen) atoms. The molecule has 0 radical (unpaired) electrons. The van der Waals surface area contributed by atoms with Gasteiger partial charge in [-0.05, 0) is 30.7 Å². The fourth-order valence-corrected chi connectivity index (χ4v) is 4.76. The Morgan fingerprint density at radius 1 is 0.967 bits per heavy atom. The van der Waals surface area contributed by atoms with Gasteiger partial charge in [0.2, 0.25) is 10.0 Å². The highest BCUT2D eigenvalue weighted by Crippen LogP contribution is 2.21. The van der Waals surface area contributed by atoms with Crippen LogP contribution in [0, 0.1) is 17.5 Å². The Labute approximate surface area is 173 Å². The average molecular weight is 441 g/mol. The first-order valence-electron chi connectivity index (χ1n) is 9.48. The molecule has 0 saturated carbocycles. The van der Waals surface area contributed by atoms with Gasteiger partial charge in [0.15, 0.2) is 0 Å². The monoisotopic (exact) mass is 441 g/mol. The number of carbonyl (C=O) groups is 1. The first-order chi connectivity index (χ1) is 14.3. The molecule has 162 valence electrons. The Balaban J connectivity index is 1.46. The summed E-state index contributed by atoms with van der Waals surface area (Å²) in [5.74, 6) is -3.03. The highest BCUT2D eigenvalue weighted by Gasteiger charge is 2.27. The highest BCUT2D eigenvalue weighted by molar-refractivity contribution is 7.89. The third-order valence-electron chi connectivity index (χ3n) is 4.87. The van der Waals surface area contributed by atoms with Crippen molar-refractivity contribution in [3.8, 4) is 0 Å². The molecule has 10 heteroatoms. The summed E-state index contributed by atoms with van der Waals surface area (Å²) < 4.78 is 66.8. The Bertz CT molecular complexity index is 1010. The predicted octanol–water partition coefficient (Wildman–Crippen LogP) is 2.38. The average Bonchev–Trinajstić information content (AvgIpc) is 2.71. The van der Waals surface area contributed by atoms with E-state index >= 15 is 0 Å². The molecule has 0 aromatic heterocycles. The maximum atomic E-state index is 13.9. The van der Waals surface area contributed by atoms with Crippen LogP contribution < -0.4 is 10.2 Å². The minimum absolute atomic E-state index is 0.0318. The van der Waals surface area contributed by atoms with Crippen LogP contribution in [0.5, 0.6) is 0 Å². The summed E-state index contributed by atoms with van der Waals surface area (Å²) in [6.07, 6.45) is 0.143. The van der Waals surface area contributed by atoms with Crippen molar-refractivity contribution in [2.75, 3.05) is 43.4 Å². The second-order valence-corrected chi connectivity index (χ2v) is 8.98. The number of halogens is 3. The summed E-state index contributed by atoms with van der Waals surface area (Å²) in [4.78, 5) is 13.7. The number of hydrogen-bond acceptors (Lipinski definition) is 4. The molecule has 3 rings (SSSR count). The van der Waals surface area contributed by atoms with E-state index in [2.05, 4.69) is 5.32 Å². The molecule has 6 nitrogen and oxygen atoms in total. The van der Waals surface area contributed by atoms with Gasteiger partial charge in [-0.3, -0.25) is 4.79 Å². The fraction of sp³-hybridized carbons (Fsp3) is 0.350. The van der Waals surface area contributed by atoms with E-state index in [4.69, 9.17) is 0 Å². The Morgan fingerprint density at radius 3 is 2.33 bits per heavy atom. The topological polar surface area (TPSA) is 69.7 Å². The molecule has 2 aromatic carbocycles. The Kier molecular flexibility index (Phi) is 6.99. The minimum atomic E-state index is -3.54. The lowest BCUT2D eigenvalue weighted by Crippen LogP contribution is -2.49. The van der Waals surface area contributed by atoms with E-state index in [1.165, 1.54) is 10.4 Å². The predicted molar refractivity (Wildman–Crippen MR) is 107 cm³/mol. The number of piperazine rings is 1. The van der Waals surface area contributed by atoms with Gasteiger partial charge in [-0.2, -0.15) is 4.31 Å². The van der Waals surface area contributed by atoms with Crippen molar-refractivity contribution >= 4 is 21.6 Å². The van der Waals surface area contributed by atoms with Crippen LogP contribution in [0.2, 0.25) is 0 Å². The van der Waals surface area contributed by atoms with E-state index in [1.807, 2.05) is 0 Å². The van der Waals surface area contributed by atoms with Crippen molar-refractivity contribution in [3.63, 3.8) is 0 Å². The summed E-state index contributed by atoms with van der Waals surface area (Å²) in [6.45, 7) is 1.26. The molecule has 0 atom stereocenters. The molecule has 1 N–H and O–H groups in total. The number of nitrogens with one attached hydrogen (secondary N) is 1. The smallest absolute Gasteiger partial charge is 0.254 e. The van der Waals surface area contributed by atoms with Crippen LogP contribution in [0.15, 0.2) is 42.5 Å². The van der Waals surface area contributed by atoms with Crippen molar-refractivity contribution in [3.05, 3.63) is 65.5 Å². The fourth-order valence-electron chi connectivity index (χ4n) is 3.27. The van der Waals surface area contributed by atoms with Gasteiger partial charge >= 0.3 is 0 Å². The molecule has 0 unspecified atom stereocenters. The van der Waals surface area contributed by atoms with Crippen LogP contribution >= 0.6 is 0 Å². The lowest BCUT2D eigenvalue weighted by atomic mass is 10.2. The summed E-state index contributed by atoms with van der Waals surface area (Å²) in [6, 6.07) is 8.97. The molecule has 1 aliphatic heterocycles. The van der Waals surface area contributed by atoms with E-state index in [1.54, 1.807) is 23.1 Å². The second-order valence-electron chi connectivity index (χ2n) is 6.89. The standard InChI is InChI=1S/C20H22F3N3O3S/c21-15-6-7-16(18(23)14-15)20(27)24-8-3-13-30(28,29)26-11-9-25(10-12-26)19-5-2-1-4-17(19)22/h1-2,4-7,14H,3,8-13H2,(H,24,27). The van der Waals surface area contributed by atoms with E-state index in [9.17, 15) is 26.4 Å². The summed E-state index contributed by atoms with van der Waals surface area (Å²) >= 11 is 0. The number of para-hydroxylation sites is 1. The molecule has 0 bridgehead atoms. The van der Waals surface area contributed by atoms with Crippen molar-refractivity contribution in [1.82, 2.24) is 9.62 Å². The summed E-state index contributed by atoms with van der Waals surface area (Å²) in [5.41, 5.74) is 0.147.